The molecule has 0 N–H and O–H groups in total. The van der Waals surface area contributed by atoms with E-state index in [4.69, 9.17) is 4.74 Å². The Morgan fingerprint density at radius 2 is 1.52 bits per heavy atom. The van der Waals surface area contributed by atoms with E-state index in [9.17, 15) is 0 Å². The van der Waals surface area contributed by atoms with Gasteiger partial charge in [0, 0.05) is 23.5 Å². The molecule has 0 atom stereocenters. The molecular formula is C28H28N2O. The number of pyridine rings is 2. The standard InChI is InChI=1S/C28H28N2O/c1-5-20-12-14-30-27(15-20)22-16-23(28(2,3)4)19-25(18-22)31-24-10-8-9-21(17-24)26-11-6-7-13-29-26/h6-19H,5H2,1-4H3. The molecule has 0 bridgehead atoms. The van der Waals surface area contributed by atoms with Crippen LogP contribution in [0.25, 0.3) is 22.5 Å². The molecule has 0 aliphatic rings. The second-order valence-electron chi connectivity index (χ2n) is 8.74. The largest absolute Gasteiger partial charge is 0.457 e. The Balaban J connectivity index is 1.73. The molecule has 0 radical (unpaired) electrons. The molecule has 0 spiro atoms. The molecule has 0 aliphatic carbocycles. The highest BCUT2D eigenvalue weighted by Crippen LogP contribution is 2.34. The van der Waals surface area contributed by atoms with E-state index in [1.165, 1.54) is 11.1 Å². The van der Waals surface area contributed by atoms with Gasteiger partial charge in [-0.25, -0.2) is 0 Å². The summed E-state index contributed by atoms with van der Waals surface area (Å²) in [5.41, 5.74) is 6.48. The number of nitrogens with zero attached hydrogens (tertiary/aromatic N) is 2. The van der Waals surface area contributed by atoms with E-state index < -0.39 is 0 Å². The van der Waals surface area contributed by atoms with Gasteiger partial charge in [0.25, 0.3) is 0 Å². The first-order valence-corrected chi connectivity index (χ1v) is 10.7. The fraction of sp³-hybridized carbons (Fsp3) is 0.214. The first-order valence-electron chi connectivity index (χ1n) is 10.7. The minimum atomic E-state index is -0.00765. The van der Waals surface area contributed by atoms with Gasteiger partial charge in [0.2, 0.25) is 0 Å². The highest BCUT2D eigenvalue weighted by atomic mass is 16.5. The maximum Gasteiger partial charge on any atom is 0.128 e. The Labute approximate surface area is 184 Å². The fourth-order valence-electron chi connectivity index (χ4n) is 3.48. The van der Waals surface area contributed by atoms with E-state index in [-0.39, 0.29) is 5.41 Å². The summed E-state index contributed by atoms with van der Waals surface area (Å²) in [6, 6.07) is 24.6. The van der Waals surface area contributed by atoms with Gasteiger partial charge in [-0.05, 0) is 77.6 Å². The van der Waals surface area contributed by atoms with Crippen LogP contribution < -0.4 is 4.74 Å². The summed E-state index contributed by atoms with van der Waals surface area (Å²) in [4.78, 5) is 9.07. The van der Waals surface area contributed by atoms with E-state index in [1.807, 2.05) is 48.7 Å². The molecule has 0 unspecified atom stereocenters. The molecular weight excluding hydrogens is 380 g/mol. The zero-order valence-corrected chi connectivity index (χ0v) is 18.6. The van der Waals surface area contributed by atoms with Crippen LogP contribution >= 0.6 is 0 Å². The monoisotopic (exact) mass is 408 g/mol. The van der Waals surface area contributed by atoms with E-state index in [0.29, 0.717) is 0 Å². The molecule has 0 aliphatic heterocycles. The van der Waals surface area contributed by atoms with Crippen molar-refractivity contribution in [1.29, 1.82) is 0 Å². The Bertz CT molecular complexity index is 1180. The predicted octanol–water partition coefficient (Wildman–Crippen LogP) is 7.46. The van der Waals surface area contributed by atoms with Crippen LogP contribution in [0.5, 0.6) is 11.5 Å². The fourth-order valence-corrected chi connectivity index (χ4v) is 3.48. The first kappa shape index (κ1) is 20.8. The van der Waals surface area contributed by atoms with Crippen molar-refractivity contribution >= 4 is 0 Å². The van der Waals surface area contributed by atoms with Gasteiger partial charge in [-0.15, -0.1) is 0 Å². The Morgan fingerprint density at radius 1 is 0.710 bits per heavy atom. The zero-order chi connectivity index (χ0) is 21.8. The molecule has 4 rings (SSSR count). The third kappa shape index (κ3) is 5.00. The lowest BCUT2D eigenvalue weighted by atomic mass is 9.85. The van der Waals surface area contributed by atoms with Gasteiger partial charge in [-0.1, -0.05) is 45.9 Å². The molecule has 0 fully saturated rings. The van der Waals surface area contributed by atoms with Crippen molar-refractivity contribution in [3.8, 4) is 34.0 Å². The number of benzene rings is 2. The van der Waals surface area contributed by atoms with Gasteiger partial charge in [-0.3, -0.25) is 9.97 Å². The Morgan fingerprint density at radius 3 is 2.26 bits per heavy atom. The summed E-state index contributed by atoms with van der Waals surface area (Å²) in [6.45, 7) is 8.81. The van der Waals surface area contributed by atoms with E-state index in [0.717, 1.165) is 40.4 Å². The predicted molar refractivity (Wildman–Crippen MR) is 127 cm³/mol. The van der Waals surface area contributed by atoms with Crippen molar-refractivity contribution in [3.63, 3.8) is 0 Å². The third-order valence-corrected chi connectivity index (χ3v) is 5.33. The lowest BCUT2D eigenvalue weighted by Crippen LogP contribution is -2.11. The topological polar surface area (TPSA) is 35.0 Å². The highest BCUT2D eigenvalue weighted by Gasteiger charge is 2.17. The highest BCUT2D eigenvalue weighted by molar-refractivity contribution is 5.65. The number of rotatable bonds is 5. The number of aryl methyl sites for hydroxylation is 1. The minimum absolute atomic E-state index is 0.00765. The van der Waals surface area contributed by atoms with Crippen LogP contribution in [0.3, 0.4) is 0 Å². The van der Waals surface area contributed by atoms with E-state index in [1.54, 1.807) is 6.20 Å². The van der Waals surface area contributed by atoms with E-state index in [2.05, 4.69) is 68.0 Å². The second-order valence-corrected chi connectivity index (χ2v) is 8.74. The molecule has 3 heteroatoms. The van der Waals surface area contributed by atoms with Crippen LogP contribution in [-0.4, -0.2) is 9.97 Å². The Hall–Kier alpha value is -3.46. The molecule has 2 heterocycles. The number of ether oxygens (including phenoxy) is 1. The van der Waals surface area contributed by atoms with E-state index >= 15 is 0 Å². The van der Waals surface area contributed by atoms with Crippen LogP contribution in [0.2, 0.25) is 0 Å². The summed E-state index contributed by atoms with van der Waals surface area (Å²) in [7, 11) is 0. The lowest BCUT2D eigenvalue weighted by Gasteiger charge is -2.21. The molecule has 2 aromatic heterocycles. The van der Waals surface area contributed by atoms with Crippen LogP contribution in [0.15, 0.2) is 85.2 Å². The summed E-state index contributed by atoms with van der Waals surface area (Å²) in [5, 5.41) is 0. The number of aromatic nitrogens is 2. The van der Waals surface area contributed by atoms with Crippen molar-refractivity contribution < 1.29 is 4.74 Å². The first-order chi connectivity index (χ1) is 14.9. The van der Waals surface area contributed by atoms with Crippen molar-refractivity contribution in [2.24, 2.45) is 0 Å². The molecule has 0 saturated carbocycles. The number of hydrogen-bond donors (Lipinski definition) is 0. The van der Waals surface area contributed by atoms with Crippen LogP contribution in [0.1, 0.15) is 38.8 Å². The van der Waals surface area contributed by atoms with Gasteiger partial charge < -0.3 is 4.74 Å². The van der Waals surface area contributed by atoms with Gasteiger partial charge >= 0.3 is 0 Å². The number of hydrogen-bond acceptors (Lipinski definition) is 3. The summed E-state index contributed by atoms with van der Waals surface area (Å²) in [6.07, 6.45) is 4.67. The smallest absolute Gasteiger partial charge is 0.128 e. The molecule has 31 heavy (non-hydrogen) atoms. The van der Waals surface area contributed by atoms with Crippen molar-refractivity contribution in [3.05, 3.63) is 96.3 Å². The molecule has 4 aromatic rings. The van der Waals surface area contributed by atoms with Crippen molar-refractivity contribution in [1.82, 2.24) is 9.97 Å². The normalized spacial score (nSPS) is 11.4. The van der Waals surface area contributed by atoms with Gasteiger partial charge in [0.15, 0.2) is 0 Å². The molecule has 0 amide bonds. The molecule has 0 saturated heterocycles. The van der Waals surface area contributed by atoms with Crippen LogP contribution in [-0.2, 0) is 11.8 Å². The van der Waals surface area contributed by atoms with Gasteiger partial charge in [0.1, 0.15) is 11.5 Å². The van der Waals surface area contributed by atoms with Crippen molar-refractivity contribution in [2.45, 2.75) is 39.5 Å². The van der Waals surface area contributed by atoms with Gasteiger partial charge in [0.05, 0.1) is 11.4 Å². The second kappa shape index (κ2) is 8.73. The molecule has 2 aromatic carbocycles. The maximum atomic E-state index is 6.34. The maximum absolute atomic E-state index is 6.34. The quantitative estimate of drug-likeness (QED) is 0.344. The summed E-state index contributed by atoms with van der Waals surface area (Å²) >= 11 is 0. The summed E-state index contributed by atoms with van der Waals surface area (Å²) in [5.74, 6) is 1.60. The Kier molecular flexibility index (Phi) is 5.85. The zero-order valence-electron chi connectivity index (χ0n) is 18.6. The van der Waals surface area contributed by atoms with Crippen molar-refractivity contribution in [2.75, 3.05) is 0 Å². The average molecular weight is 409 g/mol. The SMILES string of the molecule is CCc1ccnc(-c2cc(Oc3cccc(-c4ccccn4)c3)cc(C(C)(C)C)c2)c1. The average Bonchev–Trinajstić information content (AvgIpc) is 2.79. The summed E-state index contributed by atoms with van der Waals surface area (Å²) < 4.78 is 6.34. The third-order valence-electron chi connectivity index (χ3n) is 5.33. The van der Waals surface area contributed by atoms with Crippen LogP contribution in [0.4, 0.5) is 0 Å². The van der Waals surface area contributed by atoms with Crippen LogP contribution in [0, 0.1) is 0 Å². The minimum Gasteiger partial charge on any atom is -0.457 e. The lowest BCUT2D eigenvalue weighted by molar-refractivity contribution is 0.479. The van der Waals surface area contributed by atoms with Gasteiger partial charge in [-0.2, -0.15) is 0 Å². The molecule has 156 valence electrons. The molecule has 3 nitrogen and oxygen atoms in total.